The first-order valence-electron chi connectivity index (χ1n) is 5.18. The molecule has 1 amide bonds. The molecule has 1 atom stereocenters. The lowest BCUT2D eigenvalue weighted by Crippen LogP contribution is -2.48. The van der Waals surface area contributed by atoms with E-state index < -0.39 is 6.04 Å². The lowest BCUT2D eigenvalue weighted by Gasteiger charge is -2.24. The van der Waals surface area contributed by atoms with E-state index in [9.17, 15) is 4.79 Å². The predicted octanol–water partition coefficient (Wildman–Crippen LogP) is -0.918. The average molecular weight is 234 g/mol. The highest BCUT2D eigenvalue weighted by atomic mass is 16.5. The van der Waals surface area contributed by atoms with E-state index in [1.54, 1.807) is 19.1 Å². The van der Waals surface area contributed by atoms with Crippen LogP contribution in [-0.2, 0) is 19.0 Å². The Morgan fingerprint density at radius 3 is 2.00 bits per heavy atom. The zero-order valence-corrected chi connectivity index (χ0v) is 10.3. The van der Waals surface area contributed by atoms with Gasteiger partial charge in [0.05, 0.1) is 19.8 Å². The Morgan fingerprint density at radius 2 is 1.62 bits per heavy atom. The minimum atomic E-state index is -0.626. The standard InChI is InChI=1S/C10H22N2O4/c1-14-6-4-12(5-7-15-2)10(13)9(11)8-16-3/h9H,4-8,11H2,1-3H3. The first kappa shape index (κ1) is 15.3. The summed E-state index contributed by atoms with van der Waals surface area (Å²) in [4.78, 5) is 13.5. The maximum Gasteiger partial charge on any atom is 0.242 e. The fourth-order valence-electron chi connectivity index (χ4n) is 1.22. The van der Waals surface area contributed by atoms with Gasteiger partial charge in [0, 0.05) is 34.4 Å². The summed E-state index contributed by atoms with van der Waals surface area (Å²) in [6.45, 7) is 2.20. The lowest BCUT2D eigenvalue weighted by molar-refractivity contribution is -0.135. The van der Waals surface area contributed by atoms with Gasteiger partial charge < -0.3 is 24.8 Å². The van der Waals surface area contributed by atoms with Crippen molar-refractivity contribution in [3.8, 4) is 0 Å². The van der Waals surface area contributed by atoms with Gasteiger partial charge in [-0.3, -0.25) is 4.79 Å². The molecule has 0 aromatic heterocycles. The molecule has 2 N–H and O–H groups in total. The minimum absolute atomic E-state index is 0.143. The molecule has 1 unspecified atom stereocenters. The van der Waals surface area contributed by atoms with Crippen LogP contribution in [0, 0.1) is 0 Å². The van der Waals surface area contributed by atoms with E-state index in [2.05, 4.69) is 0 Å². The zero-order chi connectivity index (χ0) is 12.4. The SMILES string of the molecule is COCCN(CCOC)C(=O)C(N)COC. The average Bonchev–Trinajstić information content (AvgIpc) is 2.29. The molecule has 16 heavy (non-hydrogen) atoms. The van der Waals surface area contributed by atoms with E-state index in [1.807, 2.05) is 0 Å². The van der Waals surface area contributed by atoms with Gasteiger partial charge in [0.1, 0.15) is 6.04 Å². The number of nitrogens with zero attached hydrogens (tertiary/aromatic N) is 1. The first-order valence-corrected chi connectivity index (χ1v) is 5.18. The topological polar surface area (TPSA) is 74.0 Å². The predicted molar refractivity (Wildman–Crippen MR) is 60.2 cm³/mol. The van der Waals surface area contributed by atoms with E-state index >= 15 is 0 Å². The maximum atomic E-state index is 11.9. The maximum absolute atomic E-state index is 11.9. The number of ether oxygens (including phenoxy) is 3. The van der Waals surface area contributed by atoms with Gasteiger partial charge >= 0.3 is 0 Å². The normalized spacial score (nSPS) is 12.5. The third kappa shape index (κ3) is 6.02. The summed E-state index contributed by atoms with van der Waals surface area (Å²) >= 11 is 0. The van der Waals surface area contributed by atoms with Crippen LogP contribution in [0.3, 0.4) is 0 Å². The Bertz CT molecular complexity index is 182. The zero-order valence-electron chi connectivity index (χ0n) is 10.3. The summed E-state index contributed by atoms with van der Waals surface area (Å²) in [6, 6.07) is -0.626. The highest BCUT2D eigenvalue weighted by Gasteiger charge is 2.20. The second-order valence-electron chi connectivity index (χ2n) is 3.37. The van der Waals surface area contributed by atoms with Gasteiger partial charge in [0.2, 0.25) is 5.91 Å². The van der Waals surface area contributed by atoms with E-state index in [1.165, 1.54) is 7.11 Å². The van der Waals surface area contributed by atoms with Crippen LogP contribution in [-0.4, -0.2) is 71.1 Å². The smallest absolute Gasteiger partial charge is 0.242 e. The lowest BCUT2D eigenvalue weighted by atomic mass is 10.3. The van der Waals surface area contributed by atoms with Crippen LogP contribution in [0.2, 0.25) is 0 Å². The van der Waals surface area contributed by atoms with Crippen LogP contribution >= 0.6 is 0 Å². The van der Waals surface area contributed by atoms with Crippen molar-refractivity contribution in [2.24, 2.45) is 5.73 Å². The Morgan fingerprint density at radius 1 is 1.12 bits per heavy atom. The van der Waals surface area contributed by atoms with Crippen molar-refractivity contribution in [3.63, 3.8) is 0 Å². The van der Waals surface area contributed by atoms with Crippen molar-refractivity contribution in [2.45, 2.75) is 6.04 Å². The molecular weight excluding hydrogens is 212 g/mol. The third-order valence-corrected chi connectivity index (χ3v) is 2.11. The second kappa shape index (κ2) is 9.53. The molecule has 0 aliphatic heterocycles. The molecule has 0 spiro atoms. The highest BCUT2D eigenvalue weighted by Crippen LogP contribution is 1.95. The van der Waals surface area contributed by atoms with Crippen molar-refractivity contribution >= 4 is 5.91 Å². The van der Waals surface area contributed by atoms with E-state index in [0.29, 0.717) is 26.3 Å². The first-order chi connectivity index (χ1) is 7.67. The number of hydrogen-bond donors (Lipinski definition) is 1. The highest BCUT2D eigenvalue weighted by molar-refractivity contribution is 5.81. The summed E-state index contributed by atoms with van der Waals surface area (Å²) in [5.41, 5.74) is 5.67. The third-order valence-electron chi connectivity index (χ3n) is 2.11. The largest absolute Gasteiger partial charge is 0.383 e. The minimum Gasteiger partial charge on any atom is -0.383 e. The Balaban J connectivity index is 4.18. The van der Waals surface area contributed by atoms with Gasteiger partial charge in [-0.2, -0.15) is 0 Å². The van der Waals surface area contributed by atoms with Crippen LogP contribution in [0.25, 0.3) is 0 Å². The molecule has 0 aliphatic rings. The van der Waals surface area contributed by atoms with Gasteiger partial charge in [0.15, 0.2) is 0 Å². The van der Waals surface area contributed by atoms with Crippen molar-refractivity contribution in [1.82, 2.24) is 4.90 Å². The van der Waals surface area contributed by atoms with Gasteiger partial charge in [-0.1, -0.05) is 0 Å². The number of amides is 1. The summed E-state index contributed by atoms with van der Waals surface area (Å²) in [5.74, 6) is -0.143. The van der Waals surface area contributed by atoms with Crippen LogP contribution in [0.4, 0.5) is 0 Å². The van der Waals surface area contributed by atoms with Gasteiger partial charge in [0.25, 0.3) is 0 Å². The van der Waals surface area contributed by atoms with Crippen molar-refractivity contribution < 1.29 is 19.0 Å². The summed E-state index contributed by atoms with van der Waals surface area (Å²) in [6.07, 6.45) is 0. The molecule has 0 fully saturated rings. The molecule has 0 aromatic carbocycles. The van der Waals surface area contributed by atoms with Crippen LogP contribution in [0.1, 0.15) is 0 Å². The molecule has 0 aromatic rings. The fraction of sp³-hybridized carbons (Fsp3) is 0.900. The number of nitrogens with two attached hydrogens (primary N) is 1. The molecule has 6 nitrogen and oxygen atoms in total. The Kier molecular flexibility index (Phi) is 9.12. The van der Waals surface area contributed by atoms with E-state index in [0.717, 1.165) is 0 Å². The van der Waals surface area contributed by atoms with Crippen LogP contribution in [0.5, 0.6) is 0 Å². The molecule has 0 radical (unpaired) electrons. The number of hydrogen-bond acceptors (Lipinski definition) is 5. The quantitative estimate of drug-likeness (QED) is 0.558. The monoisotopic (exact) mass is 234 g/mol. The number of carbonyl (C=O) groups is 1. The molecular formula is C10H22N2O4. The van der Waals surface area contributed by atoms with Gasteiger partial charge in [-0.15, -0.1) is 0 Å². The number of carbonyl (C=O) groups excluding carboxylic acids is 1. The second-order valence-corrected chi connectivity index (χ2v) is 3.37. The molecule has 0 rings (SSSR count). The van der Waals surface area contributed by atoms with E-state index in [4.69, 9.17) is 19.9 Å². The molecule has 0 aliphatic carbocycles. The Hall–Kier alpha value is -0.690. The molecule has 0 bridgehead atoms. The number of rotatable bonds is 9. The molecule has 6 heteroatoms. The molecule has 0 saturated carbocycles. The number of methoxy groups -OCH3 is 3. The summed E-state index contributed by atoms with van der Waals surface area (Å²) in [7, 11) is 4.70. The molecule has 0 heterocycles. The van der Waals surface area contributed by atoms with Crippen molar-refractivity contribution in [3.05, 3.63) is 0 Å². The molecule has 96 valence electrons. The summed E-state index contributed by atoms with van der Waals surface area (Å²) in [5, 5.41) is 0. The van der Waals surface area contributed by atoms with Crippen LogP contribution < -0.4 is 5.73 Å². The Labute approximate surface area is 96.6 Å². The van der Waals surface area contributed by atoms with Crippen LogP contribution in [0.15, 0.2) is 0 Å². The molecule has 0 saturated heterocycles. The van der Waals surface area contributed by atoms with E-state index in [-0.39, 0.29) is 12.5 Å². The fourth-order valence-corrected chi connectivity index (χ4v) is 1.22. The van der Waals surface area contributed by atoms with Crippen molar-refractivity contribution in [1.29, 1.82) is 0 Å². The van der Waals surface area contributed by atoms with Crippen molar-refractivity contribution in [2.75, 3.05) is 54.2 Å². The summed E-state index contributed by atoms with van der Waals surface area (Å²) < 4.78 is 14.7. The van der Waals surface area contributed by atoms with Gasteiger partial charge in [-0.05, 0) is 0 Å². The van der Waals surface area contributed by atoms with Gasteiger partial charge in [-0.25, -0.2) is 0 Å².